The zero-order valence-corrected chi connectivity index (χ0v) is 24.1. The van der Waals surface area contributed by atoms with Gasteiger partial charge in [-0.1, -0.05) is 48.5 Å². The van der Waals surface area contributed by atoms with Crippen molar-refractivity contribution in [3.8, 4) is 28.0 Å². The topological polar surface area (TPSA) is 105 Å². The summed E-state index contributed by atoms with van der Waals surface area (Å²) in [5, 5.41) is 31.5. The average Bonchev–Trinajstić information content (AvgIpc) is 3.06. The normalized spacial score (nSPS) is 12.3. The summed E-state index contributed by atoms with van der Waals surface area (Å²) in [6.07, 6.45) is 0. The average molecular weight is 593 g/mol. The lowest BCUT2D eigenvalue weighted by molar-refractivity contribution is -0.385. The molecule has 8 heteroatoms. The summed E-state index contributed by atoms with van der Waals surface area (Å²) in [5.74, 6) is 0.750. The summed E-state index contributed by atoms with van der Waals surface area (Å²) in [6.45, 7) is 0.525. The lowest BCUT2D eigenvalue weighted by Crippen LogP contribution is -2.06. The lowest BCUT2D eigenvalue weighted by Gasteiger charge is -2.22. The SMILES string of the molecule is COCc1cc([N+](=O)[O-])ccc1-c1ccc2c(ccc3ccc4ccc5cc6c(cc5c4c32)OCc2cc([N+](=O)[O-])ccc2-6)c1. The molecule has 0 radical (unpaired) electrons. The van der Waals surface area contributed by atoms with Crippen molar-refractivity contribution in [2.75, 3.05) is 7.11 Å². The molecule has 1 aliphatic heterocycles. The van der Waals surface area contributed by atoms with Gasteiger partial charge in [-0.05, 0) is 95.7 Å². The zero-order chi connectivity index (χ0) is 30.8. The number of nitro benzene ring substituents is 2. The van der Waals surface area contributed by atoms with E-state index in [4.69, 9.17) is 9.47 Å². The van der Waals surface area contributed by atoms with E-state index in [2.05, 4.69) is 66.7 Å². The van der Waals surface area contributed by atoms with Gasteiger partial charge in [-0.3, -0.25) is 20.2 Å². The summed E-state index contributed by atoms with van der Waals surface area (Å²) < 4.78 is 11.6. The summed E-state index contributed by atoms with van der Waals surface area (Å²) in [5.41, 5.74) is 5.35. The number of non-ortho nitro benzene ring substituents is 2. The molecule has 0 aliphatic carbocycles. The van der Waals surface area contributed by atoms with Gasteiger partial charge in [0.15, 0.2) is 0 Å². The molecule has 218 valence electrons. The molecular weight excluding hydrogens is 568 g/mol. The minimum atomic E-state index is -0.391. The van der Waals surface area contributed by atoms with E-state index in [0.29, 0.717) is 0 Å². The van der Waals surface area contributed by atoms with Crippen molar-refractivity contribution in [1.82, 2.24) is 0 Å². The molecule has 1 heterocycles. The van der Waals surface area contributed by atoms with Crippen molar-refractivity contribution in [1.29, 1.82) is 0 Å². The van der Waals surface area contributed by atoms with Crippen LogP contribution in [0.25, 0.3) is 65.3 Å². The van der Waals surface area contributed by atoms with Crippen molar-refractivity contribution >= 4 is 54.5 Å². The predicted octanol–water partition coefficient (Wildman–Crippen LogP) is 9.49. The first-order valence-electron chi connectivity index (χ1n) is 14.4. The van der Waals surface area contributed by atoms with Crippen molar-refractivity contribution in [3.05, 3.63) is 134 Å². The highest BCUT2D eigenvalue weighted by Gasteiger charge is 2.22. The van der Waals surface area contributed by atoms with E-state index < -0.39 is 4.92 Å². The van der Waals surface area contributed by atoms with Crippen LogP contribution in [0.15, 0.2) is 103 Å². The highest BCUT2D eigenvalue weighted by molar-refractivity contribution is 6.28. The van der Waals surface area contributed by atoms with Crippen LogP contribution in [0, 0.1) is 20.2 Å². The third-order valence-electron chi connectivity index (χ3n) is 8.78. The summed E-state index contributed by atoms with van der Waals surface area (Å²) in [7, 11) is 1.58. The second kappa shape index (κ2) is 10.1. The third-order valence-corrected chi connectivity index (χ3v) is 8.78. The van der Waals surface area contributed by atoms with E-state index in [0.717, 1.165) is 82.2 Å². The molecule has 8 rings (SSSR count). The molecule has 8 nitrogen and oxygen atoms in total. The molecule has 0 spiro atoms. The summed E-state index contributed by atoms with van der Waals surface area (Å²) in [6, 6.07) is 33.1. The number of methoxy groups -OCH3 is 1. The summed E-state index contributed by atoms with van der Waals surface area (Å²) >= 11 is 0. The molecule has 0 unspecified atom stereocenters. The molecular formula is C37H24N2O6. The fourth-order valence-corrected chi connectivity index (χ4v) is 6.71. The van der Waals surface area contributed by atoms with E-state index >= 15 is 0 Å². The molecule has 0 fully saturated rings. The number of benzene rings is 7. The molecule has 7 aromatic carbocycles. The highest BCUT2D eigenvalue weighted by atomic mass is 16.6. The Labute approximate surface area is 256 Å². The number of nitro groups is 2. The van der Waals surface area contributed by atoms with E-state index in [1.807, 2.05) is 6.07 Å². The van der Waals surface area contributed by atoms with Gasteiger partial charge in [0.05, 0.1) is 16.5 Å². The van der Waals surface area contributed by atoms with Gasteiger partial charge in [-0.15, -0.1) is 0 Å². The Morgan fingerprint density at radius 3 is 1.96 bits per heavy atom. The maximum atomic E-state index is 11.4. The van der Waals surface area contributed by atoms with Gasteiger partial charge < -0.3 is 9.47 Å². The van der Waals surface area contributed by atoms with Gasteiger partial charge in [-0.25, -0.2) is 0 Å². The van der Waals surface area contributed by atoms with Gasteiger partial charge in [0, 0.05) is 42.5 Å². The second-order valence-electron chi connectivity index (χ2n) is 11.3. The van der Waals surface area contributed by atoms with E-state index in [9.17, 15) is 20.2 Å². The van der Waals surface area contributed by atoms with Crippen LogP contribution in [0.5, 0.6) is 5.75 Å². The summed E-state index contributed by atoms with van der Waals surface area (Å²) in [4.78, 5) is 22.0. The Morgan fingerprint density at radius 2 is 1.27 bits per heavy atom. The Morgan fingerprint density at radius 1 is 0.644 bits per heavy atom. The van der Waals surface area contributed by atoms with Gasteiger partial charge in [0.25, 0.3) is 11.4 Å². The number of ether oxygens (including phenoxy) is 2. The van der Waals surface area contributed by atoms with Gasteiger partial charge in [-0.2, -0.15) is 0 Å². The first-order chi connectivity index (χ1) is 21.9. The van der Waals surface area contributed by atoms with Crippen LogP contribution in [0.2, 0.25) is 0 Å². The third kappa shape index (κ3) is 4.26. The van der Waals surface area contributed by atoms with Crippen LogP contribution in [-0.2, 0) is 18.0 Å². The molecule has 0 amide bonds. The number of rotatable bonds is 5. The van der Waals surface area contributed by atoms with Crippen molar-refractivity contribution in [2.24, 2.45) is 0 Å². The lowest BCUT2D eigenvalue weighted by atomic mass is 9.89. The fraction of sp³-hybridized carbons (Fsp3) is 0.0811. The minimum absolute atomic E-state index is 0.0342. The highest BCUT2D eigenvalue weighted by Crippen LogP contribution is 2.45. The molecule has 45 heavy (non-hydrogen) atoms. The quantitative estimate of drug-likeness (QED) is 0.112. The Balaban J connectivity index is 1.34. The largest absolute Gasteiger partial charge is 0.488 e. The maximum absolute atomic E-state index is 11.4. The maximum Gasteiger partial charge on any atom is 0.269 e. The second-order valence-corrected chi connectivity index (χ2v) is 11.3. The number of hydrogen-bond donors (Lipinski definition) is 0. The van der Waals surface area contributed by atoms with Crippen LogP contribution in [-0.4, -0.2) is 17.0 Å². The van der Waals surface area contributed by atoms with Crippen LogP contribution in [0.1, 0.15) is 11.1 Å². The van der Waals surface area contributed by atoms with Crippen LogP contribution in [0.3, 0.4) is 0 Å². The molecule has 0 aromatic heterocycles. The van der Waals surface area contributed by atoms with Crippen molar-refractivity contribution in [2.45, 2.75) is 13.2 Å². The van der Waals surface area contributed by atoms with Crippen molar-refractivity contribution in [3.63, 3.8) is 0 Å². The molecule has 0 saturated carbocycles. The molecule has 1 aliphatic rings. The first kappa shape index (κ1) is 26.7. The number of hydrogen-bond acceptors (Lipinski definition) is 6. The molecule has 0 saturated heterocycles. The van der Waals surface area contributed by atoms with E-state index in [-0.39, 0.29) is 29.5 Å². The van der Waals surface area contributed by atoms with Gasteiger partial charge in [0.1, 0.15) is 12.4 Å². The fourth-order valence-electron chi connectivity index (χ4n) is 6.71. The monoisotopic (exact) mass is 592 g/mol. The minimum Gasteiger partial charge on any atom is -0.488 e. The zero-order valence-electron chi connectivity index (χ0n) is 24.1. The van der Waals surface area contributed by atoms with E-state index in [1.165, 1.54) is 6.07 Å². The molecule has 0 N–H and O–H groups in total. The predicted molar refractivity (Wildman–Crippen MR) is 176 cm³/mol. The molecule has 0 atom stereocenters. The van der Waals surface area contributed by atoms with Crippen LogP contribution >= 0.6 is 0 Å². The number of nitrogens with zero attached hydrogens (tertiary/aromatic N) is 2. The number of fused-ring (bicyclic) bond motifs is 10. The smallest absolute Gasteiger partial charge is 0.269 e. The Bertz CT molecular complexity index is 2420. The van der Waals surface area contributed by atoms with Gasteiger partial charge in [0.2, 0.25) is 0 Å². The van der Waals surface area contributed by atoms with Crippen LogP contribution in [0.4, 0.5) is 11.4 Å². The molecule has 0 bridgehead atoms. The molecule has 7 aromatic rings. The van der Waals surface area contributed by atoms with Gasteiger partial charge >= 0.3 is 0 Å². The van der Waals surface area contributed by atoms with Crippen LogP contribution < -0.4 is 4.74 Å². The standard InChI is InChI=1S/C37H24N2O6/c1-44-19-26-15-28(38(40)41)9-12-30(26)23-8-11-32-24(14-23)6-4-21-2-3-22-5-7-25-17-34-31-13-10-29(39(42)43)16-27(31)20-45-35(34)18-33(25)37(22)36(21)32/h2-18H,19-20H2,1H3. The Hall–Kier alpha value is -5.86. The van der Waals surface area contributed by atoms with E-state index in [1.54, 1.807) is 31.4 Å². The first-order valence-corrected chi connectivity index (χ1v) is 14.4. The Kier molecular flexibility index (Phi) is 6.01. The van der Waals surface area contributed by atoms with Crippen molar-refractivity contribution < 1.29 is 19.3 Å².